The lowest BCUT2D eigenvalue weighted by atomic mass is 9.80. The van der Waals surface area contributed by atoms with Gasteiger partial charge in [-0.1, -0.05) is 32.0 Å². The van der Waals surface area contributed by atoms with Gasteiger partial charge in [0.1, 0.15) is 5.57 Å². The molecule has 2 aliphatic rings. The number of nitrogens with zero attached hydrogens (tertiary/aromatic N) is 2. The first-order chi connectivity index (χ1) is 15.1. The summed E-state index contributed by atoms with van der Waals surface area (Å²) in [5.74, 6) is -0.496. The predicted octanol–water partition coefficient (Wildman–Crippen LogP) is 4.80. The van der Waals surface area contributed by atoms with E-state index in [-0.39, 0.29) is 16.2 Å². The van der Waals surface area contributed by atoms with Crippen LogP contribution >= 0.6 is 12.2 Å². The van der Waals surface area contributed by atoms with Crippen molar-refractivity contribution in [2.24, 2.45) is 0 Å². The molecule has 0 spiro atoms. The summed E-state index contributed by atoms with van der Waals surface area (Å²) in [4.78, 5) is 29.7. The van der Waals surface area contributed by atoms with Crippen molar-refractivity contribution < 1.29 is 9.59 Å². The molecule has 2 aliphatic heterocycles. The molecular formula is C26H29N3O2S. The van der Waals surface area contributed by atoms with Crippen LogP contribution in [-0.2, 0) is 16.0 Å². The third kappa shape index (κ3) is 3.84. The maximum absolute atomic E-state index is 13.3. The lowest BCUT2D eigenvalue weighted by Crippen LogP contribution is -2.54. The van der Waals surface area contributed by atoms with Crippen LogP contribution in [0.15, 0.2) is 48.0 Å². The average Bonchev–Trinajstić information content (AvgIpc) is 2.75. The van der Waals surface area contributed by atoms with Gasteiger partial charge in [0, 0.05) is 18.3 Å². The Kier molecular flexibility index (Phi) is 5.67. The highest BCUT2D eigenvalue weighted by Gasteiger charge is 2.36. The molecule has 0 radical (unpaired) electrons. The molecular weight excluding hydrogens is 418 g/mol. The van der Waals surface area contributed by atoms with Gasteiger partial charge in [-0.25, -0.2) is 0 Å². The SMILES string of the molecule is CCc1ccc(N2C(=O)/C(=C/c3ccc4c(c3)[C@@H](C)CC(C)(C)N4C)C(=O)NC2=S)cc1. The number of anilines is 2. The number of carbonyl (C=O) groups excluding carboxylic acids is 2. The largest absolute Gasteiger partial charge is 0.369 e. The van der Waals surface area contributed by atoms with E-state index in [2.05, 4.69) is 57.1 Å². The smallest absolute Gasteiger partial charge is 0.270 e. The van der Waals surface area contributed by atoms with Gasteiger partial charge in [0.05, 0.1) is 5.69 Å². The van der Waals surface area contributed by atoms with Gasteiger partial charge in [0.15, 0.2) is 5.11 Å². The molecule has 0 bridgehead atoms. The number of benzene rings is 2. The van der Waals surface area contributed by atoms with Crippen molar-refractivity contribution in [1.82, 2.24) is 5.32 Å². The van der Waals surface area contributed by atoms with E-state index in [4.69, 9.17) is 12.2 Å². The number of amides is 2. The van der Waals surface area contributed by atoms with Crippen LogP contribution in [0.3, 0.4) is 0 Å². The Morgan fingerprint density at radius 3 is 2.50 bits per heavy atom. The number of hydrogen-bond acceptors (Lipinski definition) is 4. The summed E-state index contributed by atoms with van der Waals surface area (Å²) in [6.07, 6.45) is 3.61. The molecule has 0 unspecified atom stereocenters. The normalized spacial score (nSPS) is 21.6. The quantitative estimate of drug-likeness (QED) is 0.417. The number of carbonyl (C=O) groups is 2. The topological polar surface area (TPSA) is 52.7 Å². The third-order valence-electron chi connectivity index (χ3n) is 6.67. The molecule has 4 rings (SSSR count). The minimum atomic E-state index is -0.467. The Hall–Kier alpha value is -2.99. The fourth-order valence-electron chi connectivity index (χ4n) is 4.62. The Balaban J connectivity index is 1.70. The van der Waals surface area contributed by atoms with Gasteiger partial charge in [0.25, 0.3) is 11.8 Å². The molecule has 6 heteroatoms. The molecule has 5 nitrogen and oxygen atoms in total. The molecule has 2 aromatic rings. The predicted molar refractivity (Wildman–Crippen MR) is 134 cm³/mol. The summed E-state index contributed by atoms with van der Waals surface area (Å²) in [5.41, 5.74) is 5.22. The lowest BCUT2D eigenvalue weighted by molar-refractivity contribution is -0.122. The van der Waals surface area contributed by atoms with E-state index in [1.165, 1.54) is 21.7 Å². The molecule has 1 atom stereocenters. The summed E-state index contributed by atoms with van der Waals surface area (Å²) in [6.45, 7) is 8.80. The van der Waals surface area contributed by atoms with E-state index in [0.29, 0.717) is 11.6 Å². The summed E-state index contributed by atoms with van der Waals surface area (Å²) in [6, 6.07) is 13.8. The fourth-order valence-corrected chi connectivity index (χ4v) is 4.91. The van der Waals surface area contributed by atoms with Crippen molar-refractivity contribution in [1.29, 1.82) is 0 Å². The summed E-state index contributed by atoms with van der Waals surface area (Å²) in [7, 11) is 2.11. The summed E-state index contributed by atoms with van der Waals surface area (Å²) >= 11 is 5.31. The zero-order valence-corrected chi connectivity index (χ0v) is 20.0. The van der Waals surface area contributed by atoms with Crippen LogP contribution in [0, 0.1) is 0 Å². The standard InChI is InChI=1S/C26H29N3O2S/c1-6-17-7-10-19(11-8-17)29-24(31)21(23(30)27-25(29)32)14-18-9-12-22-20(13-18)16(2)15-26(3,4)28(22)5/h7-14,16H,6,15H2,1-5H3,(H,27,30,32)/b21-14+/t16-/m0/s1. The van der Waals surface area contributed by atoms with E-state index in [1.807, 2.05) is 30.3 Å². The molecule has 1 fully saturated rings. The van der Waals surface area contributed by atoms with E-state index in [9.17, 15) is 9.59 Å². The monoisotopic (exact) mass is 447 g/mol. The van der Waals surface area contributed by atoms with Gasteiger partial charge in [-0.15, -0.1) is 0 Å². The second-order valence-electron chi connectivity index (χ2n) is 9.27. The molecule has 2 aromatic carbocycles. The minimum absolute atomic E-state index is 0.0785. The van der Waals surface area contributed by atoms with E-state index in [1.54, 1.807) is 6.08 Å². The first kappa shape index (κ1) is 22.2. The van der Waals surface area contributed by atoms with E-state index < -0.39 is 11.8 Å². The van der Waals surface area contributed by atoms with Crippen LogP contribution in [-0.4, -0.2) is 29.5 Å². The number of thiocarbonyl (C=S) groups is 1. The molecule has 2 amide bonds. The highest BCUT2D eigenvalue weighted by molar-refractivity contribution is 7.80. The van der Waals surface area contributed by atoms with Crippen molar-refractivity contribution in [3.63, 3.8) is 0 Å². The second kappa shape index (κ2) is 8.17. The molecule has 0 saturated carbocycles. The Morgan fingerprint density at radius 2 is 1.84 bits per heavy atom. The van der Waals surface area contributed by atoms with Crippen LogP contribution in [0.5, 0.6) is 0 Å². The van der Waals surface area contributed by atoms with Crippen molar-refractivity contribution in [3.8, 4) is 0 Å². The first-order valence-electron chi connectivity index (χ1n) is 11.0. The maximum atomic E-state index is 13.3. The molecule has 1 saturated heterocycles. The molecule has 166 valence electrons. The number of nitrogens with one attached hydrogen (secondary N) is 1. The summed E-state index contributed by atoms with van der Waals surface area (Å²) in [5, 5.41) is 2.77. The second-order valence-corrected chi connectivity index (χ2v) is 9.66. The van der Waals surface area contributed by atoms with Crippen LogP contribution in [0.4, 0.5) is 11.4 Å². The Labute approximate surface area is 195 Å². The zero-order valence-electron chi connectivity index (χ0n) is 19.2. The van der Waals surface area contributed by atoms with Gasteiger partial charge in [-0.2, -0.15) is 0 Å². The van der Waals surface area contributed by atoms with Gasteiger partial charge in [0.2, 0.25) is 0 Å². The van der Waals surface area contributed by atoms with Gasteiger partial charge in [-0.05, 0) is 91.9 Å². The Morgan fingerprint density at radius 1 is 1.16 bits per heavy atom. The maximum Gasteiger partial charge on any atom is 0.270 e. The third-order valence-corrected chi connectivity index (χ3v) is 6.96. The summed E-state index contributed by atoms with van der Waals surface area (Å²) < 4.78 is 0. The highest BCUT2D eigenvalue weighted by Crippen LogP contribution is 2.42. The van der Waals surface area contributed by atoms with E-state index in [0.717, 1.165) is 18.4 Å². The molecule has 32 heavy (non-hydrogen) atoms. The molecule has 2 heterocycles. The van der Waals surface area contributed by atoms with Crippen LogP contribution in [0.25, 0.3) is 6.08 Å². The number of hydrogen-bond donors (Lipinski definition) is 1. The molecule has 0 aliphatic carbocycles. The van der Waals surface area contributed by atoms with Crippen LogP contribution < -0.4 is 15.1 Å². The highest BCUT2D eigenvalue weighted by atomic mass is 32.1. The number of fused-ring (bicyclic) bond motifs is 1. The first-order valence-corrected chi connectivity index (χ1v) is 11.4. The zero-order chi connectivity index (χ0) is 23.2. The average molecular weight is 448 g/mol. The van der Waals surface area contributed by atoms with Gasteiger partial charge < -0.3 is 4.90 Å². The van der Waals surface area contributed by atoms with Crippen LogP contribution in [0.1, 0.15) is 56.7 Å². The van der Waals surface area contributed by atoms with Crippen molar-refractivity contribution >= 4 is 46.6 Å². The molecule has 0 aromatic heterocycles. The van der Waals surface area contributed by atoms with Crippen molar-refractivity contribution in [2.75, 3.05) is 16.8 Å². The van der Waals surface area contributed by atoms with Gasteiger partial charge >= 0.3 is 0 Å². The van der Waals surface area contributed by atoms with Gasteiger partial charge in [-0.3, -0.25) is 19.8 Å². The van der Waals surface area contributed by atoms with Crippen molar-refractivity contribution in [2.45, 2.75) is 52.0 Å². The van der Waals surface area contributed by atoms with Crippen LogP contribution in [0.2, 0.25) is 0 Å². The Bertz CT molecular complexity index is 1130. The fraction of sp³-hybridized carbons (Fsp3) is 0.346. The number of aryl methyl sites for hydroxylation is 1. The minimum Gasteiger partial charge on any atom is -0.369 e. The van der Waals surface area contributed by atoms with E-state index >= 15 is 0 Å². The lowest BCUT2D eigenvalue weighted by Gasteiger charge is -2.45. The van der Waals surface area contributed by atoms with Crippen molar-refractivity contribution in [3.05, 3.63) is 64.7 Å². The number of rotatable bonds is 3. The molecule has 1 N–H and O–H groups in total.